The number of thiazole rings is 1. The second-order valence-corrected chi connectivity index (χ2v) is 4.72. The summed E-state index contributed by atoms with van der Waals surface area (Å²) in [5, 5.41) is 12.6. The maximum Gasteiger partial charge on any atom is 0.255 e. The highest BCUT2D eigenvalue weighted by atomic mass is 32.1. The molecule has 2 aromatic rings. The lowest BCUT2D eigenvalue weighted by Gasteiger charge is -2.03. The molecule has 2 N–H and O–H groups in total. The van der Waals surface area contributed by atoms with Crippen molar-refractivity contribution in [3.8, 4) is 0 Å². The van der Waals surface area contributed by atoms with Gasteiger partial charge in [-0.3, -0.25) is 9.89 Å². The first-order valence-electron chi connectivity index (χ1n) is 5.36. The Kier molecular flexibility index (Phi) is 3.53. The van der Waals surface area contributed by atoms with Crippen LogP contribution in [-0.2, 0) is 6.42 Å². The molecule has 0 bridgehead atoms. The van der Waals surface area contributed by atoms with E-state index in [-0.39, 0.29) is 5.91 Å². The second kappa shape index (κ2) is 5.09. The third-order valence-corrected chi connectivity index (χ3v) is 3.30. The molecular formula is C11H14N4OS. The maximum absolute atomic E-state index is 11.9. The van der Waals surface area contributed by atoms with E-state index in [9.17, 15) is 4.79 Å². The summed E-state index contributed by atoms with van der Waals surface area (Å²) in [4.78, 5) is 16.0. The monoisotopic (exact) mass is 250 g/mol. The molecule has 90 valence electrons. The Morgan fingerprint density at radius 1 is 1.53 bits per heavy atom. The van der Waals surface area contributed by atoms with Gasteiger partial charge in [0, 0.05) is 30.2 Å². The van der Waals surface area contributed by atoms with E-state index in [1.165, 1.54) is 0 Å². The molecule has 0 radical (unpaired) electrons. The second-order valence-electron chi connectivity index (χ2n) is 3.74. The van der Waals surface area contributed by atoms with E-state index in [0.29, 0.717) is 12.1 Å². The molecule has 0 aliphatic carbocycles. The van der Waals surface area contributed by atoms with Crippen LogP contribution < -0.4 is 5.32 Å². The van der Waals surface area contributed by atoms with Gasteiger partial charge in [-0.15, -0.1) is 11.3 Å². The van der Waals surface area contributed by atoms with E-state index in [1.807, 2.05) is 19.2 Å². The minimum atomic E-state index is -0.0784. The van der Waals surface area contributed by atoms with Crippen LogP contribution in [0.4, 0.5) is 0 Å². The standard InChI is InChI=1S/C11H14N4OS/c1-7-10(8(2)15-14-7)11(16)13-4-3-9-12-5-6-17-9/h5-6H,3-4H2,1-2H3,(H,13,16)(H,14,15). The van der Waals surface area contributed by atoms with Gasteiger partial charge in [0.2, 0.25) is 0 Å². The van der Waals surface area contributed by atoms with Crippen molar-refractivity contribution in [2.45, 2.75) is 20.3 Å². The average molecular weight is 250 g/mol. The van der Waals surface area contributed by atoms with Crippen molar-refractivity contribution in [3.63, 3.8) is 0 Å². The molecule has 0 aliphatic heterocycles. The Labute approximate surface area is 103 Å². The van der Waals surface area contributed by atoms with E-state index in [0.717, 1.165) is 22.8 Å². The summed E-state index contributed by atoms with van der Waals surface area (Å²) in [5.74, 6) is -0.0784. The fourth-order valence-electron chi connectivity index (χ4n) is 1.63. The number of carbonyl (C=O) groups excluding carboxylic acids is 1. The van der Waals surface area contributed by atoms with Gasteiger partial charge in [-0.2, -0.15) is 5.10 Å². The molecule has 0 spiro atoms. The molecule has 2 aromatic heterocycles. The molecule has 0 saturated carbocycles. The molecule has 0 saturated heterocycles. The van der Waals surface area contributed by atoms with Gasteiger partial charge >= 0.3 is 0 Å². The Bertz CT molecular complexity index is 484. The smallest absolute Gasteiger partial charge is 0.255 e. The summed E-state index contributed by atoms with van der Waals surface area (Å²) in [5.41, 5.74) is 2.17. The third-order valence-electron chi connectivity index (χ3n) is 2.46. The Balaban J connectivity index is 1.90. The number of amides is 1. The van der Waals surface area contributed by atoms with Crippen LogP contribution in [0.3, 0.4) is 0 Å². The first-order valence-corrected chi connectivity index (χ1v) is 6.24. The highest BCUT2D eigenvalue weighted by molar-refractivity contribution is 7.09. The summed E-state index contributed by atoms with van der Waals surface area (Å²) in [6, 6.07) is 0. The Hall–Kier alpha value is -1.69. The van der Waals surface area contributed by atoms with Crippen LogP contribution in [0.15, 0.2) is 11.6 Å². The van der Waals surface area contributed by atoms with E-state index >= 15 is 0 Å². The highest BCUT2D eigenvalue weighted by Gasteiger charge is 2.14. The first kappa shape index (κ1) is 11.8. The molecule has 17 heavy (non-hydrogen) atoms. The third kappa shape index (κ3) is 2.71. The molecule has 2 heterocycles. The molecule has 0 fully saturated rings. The maximum atomic E-state index is 11.9. The van der Waals surface area contributed by atoms with E-state index in [2.05, 4.69) is 20.5 Å². The lowest BCUT2D eigenvalue weighted by molar-refractivity contribution is 0.0953. The van der Waals surface area contributed by atoms with Crippen molar-refractivity contribution >= 4 is 17.2 Å². The minimum Gasteiger partial charge on any atom is -0.351 e. The number of nitrogens with one attached hydrogen (secondary N) is 2. The molecule has 0 atom stereocenters. The summed E-state index contributed by atoms with van der Waals surface area (Å²) in [6.07, 6.45) is 2.53. The van der Waals surface area contributed by atoms with Crippen molar-refractivity contribution in [1.82, 2.24) is 20.5 Å². The molecule has 5 nitrogen and oxygen atoms in total. The fraction of sp³-hybridized carbons (Fsp3) is 0.364. The van der Waals surface area contributed by atoms with Crippen LogP contribution >= 0.6 is 11.3 Å². The van der Waals surface area contributed by atoms with E-state index in [4.69, 9.17) is 0 Å². The van der Waals surface area contributed by atoms with Crippen LogP contribution in [-0.4, -0.2) is 27.6 Å². The number of aromatic nitrogens is 3. The van der Waals surface area contributed by atoms with Gasteiger partial charge in [0.25, 0.3) is 5.91 Å². The van der Waals surface area contributed by atoms with Gasteiger partial charge in [-0.25, -0.2) is 4.98 Å². The van der Waals surface area contributed by atoms with Gasteiger partial charge < -0.3 is 5.32 Å². The zero-order valence-electron chi connectivity index (χ0n) is 9.78. The quantitative estimate of drug-likeness (QED) is 0.863. The normalized spacial score (nSPS) is 10.5. The van der Waals surface area contributed by atoms with Gasteiger partial charge in [0.1, 0.15) is 0 Å². The number of nitrogens with zero attached hydrogens (tertiary/aromatic N) is 2. The number of carbonyl (C=O) groups is 1. The van der Waals surface area contributed by atoms with Crippen molar-refractivity contribution in [2.24, 2.45) is 0 Å². The average Bonchev–Trinajstić information content (AvgIpc) is 2.89. The van der Waals surface area contributed by atoms with Crippen LogP contribution in [0.25, 0.3) is 0 Å². The van der Waals surface area contributed by atoms with Crippen LogP contribution in [0.2, 0.25) is 0 Å². The fourth-order valence-corrected chi connectivity index (χ4v) is 2.25. The number of rotatable bonds is 4. The lowest BCUT2D eigenvalue weighted by atomic mass is 10.2. The predicted octanol–water partition coefficient (Wildman–Crippen LogP) is 1.46. The van der Waals surface area contributed by atoms with Crippen LogP contribution in [0, 0.1) is 13.8 Å². The molecule has 0 aliphatic rings. The molecule has 0 aromatic carbocycles. The van der Waals surface area contributed by atoms with Crippen LogP contribution in [0.5, 0.6) is 0 Å². The SMILES string of the molecule is Cc1n[nH]c(C)c1C(=O)NCCc1nccs1. The zero-order valence-corrected chi connectivity index (χ0v) is 10.6. The van der Waals surface area contributed by atoms with E-state index < -0.39 is 0 Å². The van der Waals surface area contributed by atoms with E-state index in [1.54, 1.807) is 17.5 Å². The molecule has 2 rings (SSSR count). The highest BCUT2D eigenvalue weighted by Crippen LogP contribution is 2.09. The van der Waals surface area contributed by atoms with Crippen LogP contribution in [0.1, 0.15) is 26.8 Å². The first-order chi connectivity index (χ1) is 8.18. The largest absolute Gasteiger partial charge is 0.351 e. The Morgan fingerprint density at radius 3 is 2.94 bits per heavy atom. The van der Waals surface area contributed by atoms with Gasteiger partial charge in [0.15, 0.2) is 0 Å². The lowest BCUT2D eigenvalue weighted by Crippen LogP contribution is -2.26. The zero-order chi connectivity index (χ0) is 12.3. The number of aryl methyl sites for hydroxylation is 2. The van der Waals surface area contributed by atoms with Gasteiger partial charge in [0.05, 0.1) is 16.3 Å². The number of aromatic amines is 1. The van der Waals surface area contributed by atoms with Gasteiger partial charge in [-0.05, 0) is 13.8 Å². The summed E-state index contributed by atoms with van der Waals surface area (Å²) in [6.45, 7) is 4.26. The summed E-state index contributed by atoms with van der Waals surface area (Å²) < 4.78 is 0. The number of hydrogen-bond acceptors (Lipinski definition) is 4. The van der Waals surface area contributed by atoms with Crippen molar-refractivity contribution in [2.75, 3.05) is 6.54 Å². The summed E-state index contributed by atoms with van der Waals surface area (Å²) >= 11 is 1.60. The van der Waals surface area contributed by atoms with Crippen molar-refractivity contribution < 1.29 is 4.79 Å². The molecule has 0 unspecified atom stereocenters. The topological polar surface area (TPSA) is 70.7 Å². The molecule has 1 amide bonds. The van der Waals surface area contributed by atoms with Gasteiger partial charge in [-0.1, -0.05) is 0 Å². The van der Waals surface area contributed by atoms with Crippen molar-refractivity contribution in [3.05, 3.63) is 33.5 Å². The number of hydrogen-bond donors (Lipinski definition) is 2. The van der Waals surface area contributed by atoms with Crippen molar-refractivity contribution in [1.29, 1.82) is 0 Å². The minimum absolute atomic E-state index is 0.0784. The summed E-state index contributed by atoms with van der Waals surface area (Å²) in [7, 11) is 0. The Morgan fingerprint density at radius 2 is 2.35 bits per heavy atom. The molecular weight excluding hydrogens is 236 g/mol. The number of H-pyrrole nitrogens is 1. The predicted molar refractivity (Wildman–Crippen MR) is 66.2 cm³/mol. The molecule has 6 heteroatoms.